The SMILES string of the molecule is CCNC(=NCCCc1nn(-c2ccc(F)cc2)c(N)c1C#N)NCCNC(=O)C1CC1.I. The Morgan fingerprint density at radius 3 is 2.61 bits per heavy atom. The maximum absolute atomic E-state index is 13.2. The summed E-state index contributed by atoms with van der Waals surface area (Å²) in [6, 6.07) is 7.89. The van der Waals surface area contributed by atoms with Crippen molar-refractivity contribution in [2.24, 2.45) is 10.9 Å². The van der Waals surface area contributed by atoms with Crippen LogP contribution in [-0.4, -0.2) is 47.8 Å². The normalized spacial score (nSPS) is 13.1. The van der Waals surface area contributed by atoms with Crippen LogP contribution >= 0.6 is 24.0 Å². The molecule has 0 unspecified atom stereocenters. The summed E-state index contributed by atoms with van der Waals surface area (Å²) in [4.78, 5) is 16.2. The molecule has 1 aromatic heterocycles. The summed E-state index contributed by atoms with van der Waals surface area (Å²) in [6.45, 7) is 4.36. The number of nitrogen functional groups attached to an aromatic ring is 1. The molecule has 3 rings (SSSR count). The zero-order chi connectivity index (χ0) is 22.9. The van der Waals surface area contributed by atoms with Crippen molar-refractivity contribution < 1.29 is 9.18 Å². The number of carbonyl (C=O) groups is 1. The standard InChI is InChI=1S/C22H29FN8O.HI/c1-2-26-22(29-13-12-27-21(32)15-5-6-15)28-11-3-4-19-18(14-24)20(25)31(30-19)17-9-7-16(23)8-10-17;/h7-10,15H,2-6,11-13,25H2,1H3,(H,27,32)(H2,26,28,29);1H. The highest BCUT2D eigenvalue weighted by atomic mass is 127. The summed E-state index contributed by atoms with van der Waals surface area (Å²) in [5.74, 6) is 0.886. The van der Waals surface area contributed by atoms with Gasteiger partial charge >= 0.3 is 0 Å². The van der Waals surface area contributed by atoms with Gasteiger partial charge in [-0.25, -0.2) is 9.07 Å². The Bertz CT molecular complexity index is 995. The maximum atomic E-state index is 13.2. The zero-order valence-electron chi connectivity index (χ0n) is 18.6. The van der Waals surface area contributed by atoms with E-state index in [-0.39, 0.29) is 47.4 Å². The van der Waals surface area contributed by atoms with E-state index in [2.05, 4.69) is 32.1 Å². The van der Waals surface area contributed by atoms with Crippen LogP contribution in [0.5, 0.6) is 0 Å². The predicted molar refractivity (Wildman–Crippen MR) is 136 cm³/mol. The van der Waals surface area contributed by atoms with Crippen LogP contribution in [0.4, 0.5) is 10.2 Å². The van der Waals surface area contributed by atoms with E-state index in [1.807, 2.05) is 6.92 Å². The quantitative estimate of drug-likeness (QED) is 0.150. The second-order valence-electron chi connectivity index (χ2n) is 7.56. The number of aryl methyl sites for hydroxylation is 1. The molecule has 9 nitrogen and oxygen atoms in total. The molecule has 11 heteroatoms. The van der Waals surface area contributed by atoms with Gasteiger partial charge < -0.3 is 21.7 Å². The molecule has 0 saturated heterocycles. The van der Waals surface area contributed by atoms with Gasteiger partial charge in [-0.1, -0.05) is 0 Å². The number of nitriles is 1. The van der Waals surface area contributed by atoms with Crippen LogP contribution in [-0.2, 0) is 11.2 Å². The molecule has 0 spiro atoms. The molecule has 0 radical (unpaired) electrons. The fourth-order valence-electron chi connectivity index (χ4n) is 3.19. The third-order valence-corrected chi connectivity index (χ3v) is 5.03. The van der Waals surface area contributed by atoms with Crippen molar-refractivity contribution in [3.8, 4) is 11.8 Å². The fraction of sp³-hybridized carbons (Fsp3) is 0.455. The first kappa shape index (κ1) is 26.4. The van der Waals surface area contributed by atoms with Gasteiger partial charge in [-0.15, -0.1) is 24.0 Å². The lowest BCUT2D eigenvalue weighted by Gasteiger charge is -2.11. The van der Waals surface area contributed by atoms with Crippen LogP contribution in [0.25, 0.3) is 5.69 Å². The Hall–Kier alpha value is -2.88. The fourth-order valence-corrected chi connectivity index (χ4v) is 3.19. The van der Waals surface area contributed by atoms with Crippen molar-refractivity contribution in [1.82, 2.24) is 25.7 Å². The maximum Gasteiger partial charge on any atom is 0.223 e. The number of hydrogen-bond acceptors (Lipinski definition) is 5. The van der Waals surface area contributed by atoms with Crippen LogP contribution in [0, 0.1) is 23.1 Å². The van der Waals surface area contributed by atoms with Crippen molar-refractivity contribution in [3.05, 3.63) is 41.3 Å². The summed E-state index contributed by atoms with van der Waals surface area (Å²) in [7, 11) is 0. The van der Waals surface area contributed by atoms with E-state index >= 15 is 0 Å². The third-order valence-electron chi connectivity index (χ3n) is 5.03. The number of rotatable bonds is 10. The third kappa shape index (κ3) is 7.59. The Balaban J connectivity index is 0.00000385. The molecule has 5 N–H and O–H groups in total. The minimum atomic E-state index is -0.353. The monoisotopic (exact) mass is 568 g/mol. The summed E-state index contributed by atoms with van der Waals surface area (Å²) in [5.41, 5.74) is 7.61. The Morgan fingerprint density at radius 2 is 1.97 bits per heavy atom. The Morgan fingerprint density at radius 1 is 1.27 bits per heavy atom. The van der Waals surface area contributed by atoms with Gasteiger partial charge in [0.15, 0.2) is 5.96 Å². The number of carbonyl (C=O) groups excluding carboxylic acids is 1. The van der Waals surface area contributed by atoms with Gasteiger partial charge in [-0.2, -0.15) is 10.4 Å². The molecule has 0 bridgehead atoms. The number of guanidine groups is 1. The smallest absolute Gasteiger partial charge is 0.223 e. The van der Waals surface area contributed by atoms with Gasteiger partial charge in [0.2, 0.25) is 5.91 Å². The summed E-state index contributed by atoms with van der Waals surface area (Å²) < 4.78 is 14.6. The largest absolute Gasteiger partial charge is 0.382 e. The van der Waals surface area contributed by atoms with E-state index in [9.17, 15) is 14.4 Å². The molecule has 1 aromatic carbocycles. The summed E-state index contributed by atoms with van der Waals surface area (Å²) in [5, 5.41) is 23.2. The number of aliphatic imine (C=N–C) groups is 1. The molecule has 1 amide bonds. The highest BCUT2D eigenvalue weighted by Crippen LogP contribution is 2.28. The van der Waals surface area contributed by atoms with E-state index in [4.69, 9.17) is 5.73 Å². The van der Waals surface area contributed by atoms with Crippen molar-refractivity contribution >= 4 is 41.7 Å². The molecule has 1 aliphatic rings. The highest BCUT2D eigenvalue weighted by molar-refractivity contribution is 14.0. The van der Waals surface area contributed by atoms with Gasteiger partial charge in [0, 0.05) is 32.1 Å². The van der Waals surface area contributed by atoms with Crippen LogP contribution in [0.2, 0.25) is 0 Å². The number of halogens is 2. The van der Waals surface area contributed by atoms with Crippen molar-refractivity contribution in [2.75, 3.05) is 31.9 Å². The van der Waals surface area contributed by atoms with Crippen molar-refractivity contribution in [3.63, 3.8) is 0 Å². The molecular formula is C22H30FIN8O. The summed E-state index contributed by atoms with van der Waals surface area (Å²) in [6.07, 6.45) is 3.18. The molecular weight excluding hydrogens is 538 g/mol. The van der Waals surface area contributed by atoms with Gasteiger partial charge in [0.05, 0.1) is 11.4 Å². The molecule has 1 aliphatic carbocycles. The van der Waals surface area contributed by atoms with Gasteiger partial charge in [0.25, 0.3) is 0 Å². The molecule has 0 atom stereocenters. The number of nitrogens with zero attached hydrogens (tertiary/aromatic N) is 4. The molecule has 178 valence electrons. The first-order chi connectivity index (χ1) is 15.5. The number of anilines is 1. The number of nitrogens with two attached hydrogens (primary N) is 1. The second kappa shape index (κ2) is 13.0. The van der Waals surface area contributed by atoms with Gasteiger partial charge in [0.1, 0.15) is 23.3 Å². The van der Waals surface area contributed by atoms with Crippen LogP contribution < -0.4 is 21.7 Å². The van der Waals surface area contributed by atoms with E-state index in [0.717, 1.165) is 19.4 Å². The average molecular weight is 568 g/mol. The zero-order valence-corrected chi connectivity index (χ0v) is 20.9. The first-order valence-corrected chi connectivity index (χ1v) is 10.9. The molecule has 2 aromatic rings. The Kier molecular flexibility index (Phi) is 10.4. The number of benzene rings is 1. The number of nitrogens with one attached hydrogen (secondary N) is 3. The van der Waals surface area contributed by atoms with Crippen LogP contribution in [0.3, 0.4) is 0 Å². The Labute approximate surface area is 210 Å². The lowest BCUT2D eigenvalue weighted by atomic mass is 10.1. The van der Waals surface area contributed by atoms with Crippen molar-refractivity contribution in [1.29, 1.82) is 5.26 Å². The van der Waals surface area contributed by atoms with E-state index in [0.29, 0.717) is 55.4 Å². The van der Waals surface area contributed by atoms with E-state index < -0.39 is 0 Å². The first-order valence-electron chi connectivity index (χ1n) is 10.9. The number of amides is 1. The number of hydrogen-bond donors (Lipinski definition) is 4. The molecule has 1 saturated carbocycles. The topological polar surface area (TPSA) is 133 Å². The van der Waals surface area contributed by atoms with Crippen LogP contribution in [0.1, 0.15) is 37.4 Å². The molecule has 1 fully saturated rings. The molecule has 33 heavy (non-hydrogen) atoms. The average Bonchev–Trinajstić information content (AvgIpc) is 3.59. The summed E-state index contributed by atoms with van der Waals surface area (Å²) >= 11 is 0. The van der Waals surface area contributed by atoms with Crippen LogP contribution in [0.15, 0.2) is 29.3 Å². The van der Waals surface area contributed by atoms with E-state index in [1.54, 1.807) is 12.1 Å². The molecule has 0 aliphatic heterocycles. The minimum absolute atomic E-state index is 0. The molecule has 1 heterocycles. The van der Waals surface area contributed by atoms with Crippen molar-refractivity contribution in [2.45, 2.75) is 32.6 Å². The van der Waals surface area contributed by atoms with Gasteiger partial charge in [-0.3, -0.25) is 9.79 Å². The van der Waals surface area contributed by atoms with E-state index in [1.165, 1.54) is 16.8 Å². The predicted octanol–water partition coefficient (Wildman–Crippen LogP) is 2.10. The lowest BCUT2D eigenvalue weighted by molar-refractivity contribution is -0.122. The minimum Gasteiger partial charge on any atom is -0.382 e. The highest BCUT2D eigenvalue weighted by Gasteiger charge is 2.28. The lowest BCUT2D eigenvalue weighted by Crippen LogP contribution is -2.41. The second-order valence-corrected chi connectivity index (χ2v) is 7.56. The number of aromatic nitrogens is 2. The van der Waals surface area contributed by atoms with Gasteiger partial charge in [-0.05, 0) is 56.9 Å².